The normalized spacial score (nSPS) is 16.1. The van der Waals surface area contributed by atoms with Crippen LogP contribution in [0.15, 0.2) is 36.4 Å². The molecule has 1 N–H and O–H groups in total. The summed E-state index contributed by atoms with van der Waals surface area (Å²) in [5.74, 6) is 0. The highest BCUT2D eigenvalue weighted by Crippen LogP contribution is 2.35. The van der Waals surface area contributed by atoms with Crippen molar-refractivity contribution < 1.29 is 5.11 Å². The lowest BCUT2D eigenvalue weighted by molar-refractivity contribution is 0.224. The van der Waals surface area contributed by atoms with Crippen molar-refractivity contribution in [1.82, 2.24) is 0 Å². The quantitative estimate of drug-likeness (QED) is 0.839. The monoisotopic (exact) mass is 230 g/mol. The lowest BCUT2D eigenvalue weighted by Gasteiger charge is -2.08. The number of fused-ring (bicyclic) bond motifs is 1. The van der Waals surface area contributed by atoms with E-state index in [2.05, 4.69) is 6.07 Å². The molecule has 2 aromatic rings. The maximum absolute atomic E-state index is 10.3. The van der Waals surface area contributed by atoms with Crippen LogP contribution in [0.4, 0.5) is 0 Å². The predicted octanol–water partition coefficient (Wildman–Crippen LogP) is 3.32. The van der Waals surface area contributed by atoms with Gasteiger partial charge in [-0.15, -0.1) is 11.3 Å². The first kappa shape index (κ1) is 10.1. The Hall–Kier alpha value is -1.12. The zero-order chi connectivity index (χ0) is 11.0. The smallest absolute Gasteiger partial charge is 0.113 e. The first-order valence-electron chi connectivity index (χ1n) is 5.69. The van der Waals surface area contributed by atoms with Crippen molar-refractivity contribution in [1.29, 1.82) is 0 Å². The molecular weight excluding hydrogens is 216 g/mol. The van der Waals surface area contributed by atoms with Gasteiger partial charge in [0, 0.05) is 9.75 Å². The van der Waals surface area contributed by atoms with Gasteiger partial charge in [-0.05, 0) is 36.5 Å². The summed E-state index contributed by atoms with van der Waals surface area (Å²) in [5.41, 5.74) is 2.44. The molecule has 0 spiro atoms. The van der Waals surface area contributed by atoms with E-state index in [4.69, 9.17) is 0 Å². The molecule has 1 aliphatic rings. The maximum atomic E-state index is 10.3. The molecule has 1 aliphatic carbocycles. The first-order chi connectivity index (χ1) is 7.84. The molecule has 0 bridgehead atoms. The van der Waals surface area contributed by atoms with Gasteiger partial charge >= 0.3 is 0 Å². The third kappa shape index (κ3) is 1.68. The summed E-state index contributed by atoms with van der Waals surface area (Å²) < 4.78 is 0. The van der Waals surface area contributed by atoms with E-state index in [1.807, 2.05) is 30.3 Å². The second kappa shape index (κ2) is 4.04. The minimum Gasteiger partial charge on any atom is -0.383 e. The molecule has 0 aliphatic heterocycles. The van der Waals surface area contributed by atoms with Crippen molar-refractivity contribution in [3.05, 3.63) is 57.3 Å². The third-order valence-electron chi connectivity index (χ3n) is 3.15. The molecule has 2 heteroatoms. The topological polar surface area (TPSA) is 20.2 Å². The number of benzene rings is 1. The lowest BCUT2D eigenvalue weighted by atomic mass is 10.1. The molecule has 0 saturated carbocycles. The van der Waals surface area contributed by atoms with Gasteiger partial charge in [0.15, 0.2) is 0 Å². The first-order valence-corrected chi connectivity index (χ1v) is 6.51. The highest BCUT2D eigenvalue weighted by Gasteiger charge is 2.19. The van der Waals surface area contributed by atoms with Gasteiger partial charge in [-0.3, -0.25) is 0 Å². The van der Waals surface area contributed by atoms with E-state index in [1.165, 1.54) is 29.7 Å². The van der Waals surface area contributed by atoms with Gasteiger partial charge in [-0.1, -0.05) is 30.3 Å². The Morgan fingerprint density at radius 2 is 1.94 bits per heavy atom. The Labute approximate surface area is 99.4 Å². The van der Waals surface area contributed by atoms with Crippen LogP contribution in [0, 0.1) is 0 Å². The SMILES string of the molecule is OC(c1ccccc1)c1cc2c(s1)CCC2. The van der Waals surface area contributed by atoms with Gasteiger partial charge in [0.25, 0.3) is 0 Å². The van der Waals surface area contributed by atoms with Crippen LogP contribution in [0.5, 0.6) is 0 Å². The Morgan fingerprint density at radius 3 is 2.69 bits per heavy atom. The van der Waals surface area contributed by atoms with Crippen LogP contribution in [0.25, 0.3) is 0 Å². The molecule has 1 unspecified atom stereocenters. The molecule has 16 heavy (non-hydrogen) atoms. The highest BCUT2D eigenvalue weighted by atomic mass is 32.1. The summed E-state index contributed by atoms with van der Waals surface area (Å²) in [4.78, 5) is 2.57. The van der Waals surface area contributed by atoms with Crippen molar-refractivity contribution >= 4 is 11.3 Å². The molecule has 3 rings (SSSR count). The lowest BCUT2D eigenvalue weighted by Crippen LogP contribution is -1.96. The summed E-state index contributed by atoms with van der Waals surface area (Å²) >= 11 is 1.77. The average molecular weight is 230 g/mol. The summed E-state index contributed by atoms with van der Waals surface area (Å²) in [6.07, 6.45) is 3.22. The number of aliphatic hydroxyl groups is 1. The van der Waals surface area contributed by atoms with E-state index in [1.54, 1.807) is 11.3 Å². The molecule has 82 valence electrons. The van der Waals surface area contributed by atoms with E-state index >= 15 is 0 Å². The Bertz CT molecular complexity index is 465. The summed E-state index contributed by atoms with van der Waals surface area (Å²) in [6, 6.07) is 12.1. The van der Waals surface area contributed by atoms with E-state index in [9.17, 15) is 5.11 Å². The van der Waals surface area contributed by atoms with Crippen molar-refractivity contribution in [2.45, 2.75) is 25.4 Å². The number of hydrogen-bond donors (Lipinski definition) is 1. The van der Waals surface area contributed by atoms with Gasteiger partial charge in [-0.25, -0.2) is 0 Å². The summed E-state index contributed by atoms with van der Waals surface area (Å²) in [7, 11) is 0. The second-order valence-corrected chi connectivity index (χ2v) is 5.43. The van der Waals surface area contributed by atoms with Crippen LogP contribution >= 0.6 is 11.3 Å². The molecule has 0 amide bonds. The van der Waals surface area contributed by atoms with Crippen LogP contribution in [0.1, 0.15) is 33.4 Å². The molecule has 1 atom stereocenters. The highest BCUT2D eigenvalue weighted by molar-refractivity contribution is 7.12. The van der Waals surface area contributed by atoms with Crippen LogP contribution < -0.4 is 0 Å². The van der Waals surface area contributed by atoms with E-state index in [-0.39, 0.29) is 0 Å². The molecule has 1 heterocycles. The van der Waals surface area contributed by atoms with Crippen molar-refractivity contribution in [3.8, 4) is 0 Å². The van der Waals surface area contributed by atoms with Crippen molar-refractivity contribution in [2.24, 2.45) is 0 Å². The molecule has 1 aromatic heterocycles. The number of aliphatic hydroxyl groups excluding tert-OH is 1. The number of thiophene rings is 1. The standard InChI is InChI=1S/C14H14OS/c15-14(10-5-2-1-3-6-10)13-9-11-7-4-8-12(11)16-13/h1-3,5-6,9,14-15H,4,7-8H2. The van der Waals surface area contributed by atoms with Gasteiger partial charge in [-0.2, -0.15) is 0 Å². The molecule has 0 radical (unpaired) electrons. The van der Waals surface area contributed by atoms with Crippen LogP contribution in [0.3, 0.4) is 0 Å². The zero-order valence-electron chi connectivity index (χ0n) is 9.02. The molecule has 1 nitrogen and oxygen atoms in total. The summed E-state index contributed by atoms with van der Waals surface area (Å²) in [6.45, 7) is 0. The van der Waals surface area contributed by atoms with Gasteiger partial charge in [0.1, 0.15) is 6.10 Å². The Balaban J connectivity index is 1.92. The number of hydrogen-bond acceptors (Lipinski definition) is 2. The molecule has 1 aromatic carbocycles. The fourth-order valence-electron chi connectivity index (χ4n) is 2.29. The van der Waals surface area contributed by atoms with Gasteiger partial charge < -0.3 is 5.11 Å². The largest absolute Gasteiger partial charge is 0.383 e. The van der Waals surface area contributed by atoms with E-state index < -0.39 is 6.10 Å². The van der Waals surface area contributed by atoms with E-state index in [0.29, 0.717) is 0 Å². The fourth-order valence-corrected chi connectivity index (χ4v) is 3.56. The third-order valence-corrected chi connectivity index (χ3v) is 4.44. The minimum atomic E-state index is -0.447. The fraction of sp³-hybridized carbons (Fsp3) is 0.286. The second-order valence-electron chi connectivity index (χ2n) is 4.26. The van der Waals surface area contributed by atoms with Crippen molar-refractivity contribution in [2.75, 3.05) is 0 Å². The maximum Gasteiger partial charge on any atom is 0.113 e. The average Bonchev–Trinajstić information content (AvgIpc) is 2.89. The van der Waals surface area contributed by atoms with Crippen LogP contribution in [-0.2, 0) is 12.8 Å². The molecule has 0 fully saturated rings. The molecular formula is C14H14OS. The molecule has 0 saturated heterocycles. The number of rotatable bonds is 2. The van der Waals surface area contributed by atoms with Crippen LogP contribution in [-0.4, -0.2) is 5.11 Å². The van der Waals surface area contributed by atoms with Crippen LogP contribution in [0.2, 0.25) is 0 Å². The minimum absolute atomic E-state index is 0.447. The van der Waals surface area contributed by atoms with Crippen molar-refractivity contribution in [3.63, 3.8) is 0 Å². The Kier molecular flexibility index (Phi) is 2.54. The van der Waals surface area contributed by atoms with Gasteiger partial charge in [0.05, 0.1) is 0 Å². The van der Waals surface area contributed by atoms with Gasteiger partial charge in [0.2, 0.25) is 0 Å². The van der Waals surface area contributed by atoms with E-state index in [0.717, 1.165) is 10.4 Å². The predicted molar refractivity (Wildman–Crippen MR) is 66.8 cm³/mol. The number of aryl methyl sites for hydroxylation is 2. The summed E-state index contributed by atoms with van der Waals surface area (Å²) in [5, 5.41) is 10.3. The zero-order valence-corrected chi connectivity index (χ0v) is 9.83. The Morgan fingerprint density at radius 1 is 1.12 bits per heavy atom.